The highest BCUT2D eigenvalue weighted by Gasteiger charge is 2.26. The van der Waals surface area contributed by atoms with Gasteiger partial charge in [0.05, 0.1) is 0 Å². The van der Waals surface area contributed by atoms with Gasteiger partial charge in [-0.15, -0.1) is 0 Å². The summed E-state index contributed by atoms with van der Waals surface area (Å²) in [5.74, 6) is 0.216. The summed E-state index contributed by atoms with van der Waals surface area (Å²) in [4.78, 5) is 14.2. The van der Waals surface area contributed by atoms with E-state index >= 15 is 0 Å². The zero-order valence-corrected chi connectivity index (χ0v) is 11.8. The van der Waals surface area contributed by atoms with E-state index in [2.05, 4.69) is 36.1 Å². The number of aryl methyl sites for hydroxylation is 1. The average Bonchev–Trinajstić information content (AvgIpc) is 2.44. The molecule has 0 bridgehead atoms. The van der Waals surface area contributed by atoms with E-state index in [0.717, 1.165) is 32.2 Å². The van der Waals surface area contributed by atoms with Crippen molar-refractivity contribution < 1.29 is 4.79 Å². The van der Waals surface area contributed by atoms with E-state index in [0.29, 0.717) is 19.0 Å². The Kier molecular flexibility index (Phi) is 4.97. The SMILES string of the molecule is CCCN(C(=O)CCN)C1CCc2ccccc2C1. The van der Waals surface area contributed by atoms with Gasteiger partial charge in [-0.25, -0.2) is 0 Å². The van der Waals surface area contributed by atoms with E-state index < -0.39 is 0 Å². The number of carbonyl (C=O) groups excluding carboxylic acids is 1. The van der Waals surface area contributed by atoms with Crippen LogP contribution in [0, 0.1) is 0 Å². The Morgan fingerprint density at radius 2 is 2.11 bits per heavy atom. The van der Waals surface area contributed by atoms with Gasteiger partial charge in [0.2, 0.25) is 5.91 Å². The van der Waals surface area contributed by atoms with Gasteiger partial charge in [-0.05, 0) is 36.8 Å². The molecule has 104 valence electrons. The van der Waals surface area contributed by atoms with Crippen molar-refractivity contribution >= 4 is 5.91 Å². The minimum atomic E-state index is 0.216. The summed E-state index contributed by atoms with van der Waals surface area (Å²) in [7, 11) is 0. The molecule has 1 aromatic rings. The second kappa shape index (κ2) is 6.71. The average molecular weight is 260 g/mol. The summed E-state index contributed by atoms with van der Waals surface area (Å²) in [5, 5.41) is 0. The quantitative estimate of drug-likeness (QED) is 0.881. The van der Waals surface area contributed by atoms with Crippen LogP contribution in [0.3, 0.4) is 0 Å². The molecule has 3 nitrogen and oxygen atoms in total. The molecule has 0 spiro atoms. The topological polar surface area (TPSA) is 46.3 Å². The van der Waals surface area contributed by atoms with Crippen LogP contribution >= 0.6 is 0 Å². The first kappa shape index (κ1) is 14.1. The molecule has 1 atom stereocenters. The highest BCUT2D eigenvalue weighted by atomic mass is 16.2. The normalized spacial score (nSPS) is 17.9. The van der Waals surface area contributed by atoms with Crippen molar-refractivity contribution in [1.29, 1.82) is 0 Å². The highest BCUT2D eigenvalue weighted by molar-refractivity contribution is 5.76. The molecule has 1 amide bonds. The van der Waals surface area contributed by atoms with Crippen molar-refractivity contribution in [3.8, 4) is 0 Å². The van der Waals surface area contributed by atoms with Gasteiger partial charge in [-0.1, -0.05) is 31.2 Å². The molecule has 0 aliphatic heterocycles. The molecule has 1 aliphatic carbocycles. The van der Waals surface area contributed by atoms with Gasteiger partial charge >= 0.3 is 0 Å². The number of rotatable bonds is 5. The zero-order chi connectivity index (χ0) is 13.7. The Hall–Kier alpha value is -1.35. The van der Waals surface area contributed by atoms with Crippen LogP contribution in [0.5, 0.6) is 0 Å². The first-order chi connectivity index (χ1) is 9.26. The Morgan fingerprint density at radius 3 is 2.79 bits per heavy atom. The highest BCUT2D eigenvalue weighted by Crippen LogP contribution is 2.25. The third kappa shape index (κ3) is 3.35. The lowest BCUT2D eigenvalue weighted by Gasteiger charge is -2.35. The first-order valence-electron chi connectivity index (χ1n) is 7.32. The fourth-order valence-corrected chi connectivity index (χ4v) is 2.96. The van der Waals surface area contributed by atoms with Gasteiger partial charge in [-0.2, -0.15) is 0 Å². The van der Waals surface area contributed by atoms with Crippen LogP contribution in [0.1, 0.15) is 37.3 Å². The number of amides is 1. The maximum Gasteiger partial charge on any atom is 0.224 e. The molecule has 19 heavy (non-hydrogen) atoms. The van der Waals surface area contributed by atoms with Crippen molar-refractivity contribution in [2.24, 2.45) is 5.73 Å². The molecule has 0 fully saturated rings. The fourth-order valence-electron chi connectivity index (χ4n) is 2.96. The van der Waals surface area contributed by atoms with Crippen LogP contribution < -0.4 is 5.73 Å². The minimum Gasteiger partial charge on any atom is -0.339 e. The summed E-state index contributed by atoms with van der Waals surface area (Å²) in [6.45, 7) is 3.42. The van der Waals surface area contributed by atoms with Crippen LogP contribution in [0.4, 0.5) is 0 Å². The van der Waals surface area contributed by atoms with Crippen LogP contribution in [-0.4, -0.2) is 29.9 Å². The molecule has 0 aromatic heterocycles. The van der Waals surface area contributed by atoms with Crippen LogP contribution in [0.2, 0.25) is 0 Å². The Labute approximate surface area is 115 Å². The van der Waals surface area contributed by atoms with E-state index in [1.165, 1.54) is 11.1 Å². The predicted molar refractivity (Wildman–Crippen MR) is 77.9 cm³/mol. The number of carbonyl (C=O) groups is 1. The molecular formula is C16H24N2O. The van der Waals surface area contributed by atoms with Crippen molar-refractivity contribution in [3.63, 3.8) is 0 Å². The van der Waals surface area contributed by atoms with Gasteiger partial charge < -0.3 is 10.6 Å². The summed E-state index contributed by atoms with van der Waals surface area (Å²) in [6.07, 6.45) is 4.63. The third-order valence-electron chi connectivity index (χ3n) is 3.90. The number of hydrogen-bond acceptors (Lipinski definition) is 2. The predicted octanol–water partition coefficient (Wildman–Crippen LogP) is 2.13. The Morgan fingerprint density at radius 1 is 1.37 bits per heavy atom. The van der Waals surface area contributed by atoms with E-state index in [4.69, 9.17) is 5.73 Å². The molecule has 2 rings (SSSR count). The number of hydrogen-bond donors (Lipinski definition) is 1. The van der Waals surface area contributed by atoms with E-state index in [1.807, 2.05) is 0 Å². The van der Waals surface area contributed by atoms with Crippen molar-refractivity contribution in [2.45, 2.75) is 45.1 Å². The Bertz CT molecular complexity index is 431. The van der Waals surface area contributed by atoms with Gasteiger partial charge in [0.25, 0.3) is 0 Å². The molecule has 0 saturated carbocycles. The smallest absolute Gasteiger partial charge is 0.224 e. The van der Waals surface area contributed by atoms with Crippen LogP contribution in [0.25, 0.3) is 0 Å². The molecule has 1 unspecified atom stereocenters. The lowest BCUT2D eigenvalue weighted by atomic mass is 9.87. The lowest BCUT2D eigenvalue weighted by Crippen LogP contribution is -2.44. The van der Waals surface area contributed by atoms with Crippen LogP contribution in [-0.2, 0) is 17.6 Å². The van der Waals surface area contributed by atoms with Crippen molar-refractivity contribution in [1.82, 2.24) is 4.90 Å². The maximum atomic E-state index is 12.2. The second-order valence-corrected chi connectivity index (χ2v) is 5.29. The molecule has 1 aromatic carbocycles. The maximum absolute atomic E-state index is 12.2. The molecule has 0 heterocycles. The largest absolute Gasteiger partial charge is 0.339 e. The van der Waals surface area contributed by atoms with Crippen molar-refractivity contribution in [2.75, 3.05) is 13.1 Å². The number of benzene rings is 1. The minimum absolute atomic E-state index is 0.216. The summed E-state index contributed by atoms with van der Waals surface area (Å²) >= 11 is 0. The van der Waals surface area contributed by atoms with Gasteiger partial charge in [0.1, 0.15) is 0 Å². The number of nitrogens with two attached hydrogens (primary N) is 1. The van der Waals surface area contributed by atoms with Crippen molar-refractivity contribution in [3.05, 3.63) is 35.4 Å². The van der Waals surface area contributed by atoms with Gasteiger partial charge in [0.15, 0.2) is 0 Å². The summed E-state index contributed by atoms with van der Waals surface area (Å²) < 4.78 is 0. The third-order valence-corrected chi connectivity index (χ3v) is 3.90. The fraction of sp³-hybridized carbons (Fsp3) is 0.562. The monoisotopic (exact) mass is 260 g/mol. The summed E-state index contributed by atoms with van der Waals surface area (Å²) in [5.41, 5.74) is 8.37. The number of fused-ring (bicyclic) bond motifs is 1. The standard InChI is InChI=1S/C16H24N2O/c1-2-11-18(16(19)9-10-17)15-8-7-13-5-3-4-6-14(13)12-15/h3-6,15H,2,7-12,17H2,1H3. The van der Waals surface area contributed by atoms with Gasteiger partial charge in [0, 0.05) is 25.6 Å². The Balaban J connectivity index is 2.10. The van der Waals surface area contributed by atoms with E-state index in [-0.39, 0.29) is 5.91 Å². The summed E-state index contributed by atoms with van der Waals surface area (Å²) in [6, 6.07) is 8.94. The van der Waals surface area contributed by atoms with E-state index in [9.17, 15) is 4.79 Å². The molecule has 1 aliphatic rings. The molecular weight excluding hydrogens is 236 g/mol. The van der Waals surface area contributed by atoms with E-state index in [1.54, 1.807) is 0 Å². The molecule has 2 N–H and O–H groups in total. The zero-order valence-electron chi connectivity index (χ0n) is 11.8. The number of nitrogens with zero attached hydrogens (tertiary/aromatic N) is 1. The van der Waals surface area contributed by atoms with Gasteiger partial charge in [-0.3, -0.25) is 4.79 Å². The van der Waals surface area contributed by atoms with Crippen LogP contribution in [0.15, 0.2) is 24.3 Å². The first-order valence-corrected chi connectivity index (χ1v) is 7.32. The molecule has 3 heteroatoms. The molecule has 0 radical (unpaired) electrons. The lowest BCUT2D eigenvalue weighted by molar-refractivity contribution is -0.133. The second-order valence-electron chi connectivity index (χ2n) is 5.29. The molecule has 0 saturated heterocycles.